The number of benzene rings is 1. The molecule has 0 saturated carbocycles. The SMILES string of the molecule is CCNC(=NCCN1CCc2ccccc2C1)N1CCCC2(CNC(=O)C2)C1. The first kappa shape index (κ1) is 19.2. The topological polar surface area (TPSA) is 60.0 Å². The lowest BCUT2D eigenvalue weighted by molar-refractivity contribution is -0.119. The molecule has 2 saturated heterocycles. The van der Waals surface area contributed by atoms with E-state index in [1.807, 2.05) is 0 Å². The van der Waals surface area contributed by atoms with E-state index in [4.69, 9.17) is 4.99 Å². The second-order valence-corrected chi connectivity index (χ2v) is 8.51. The summed E-state index contributed by atoms with van der Waals surface area (Å²) >= 11 is 0. The molecule has 28 heavy (non-hydrogen) atoms. The summed E-state index contributed by atoms with van der Waals surface area (Å²) in [6, 6.07) is 8.78. The molecule has 1 aromatic rings. The number of carbonyl (C=O) groups is 1. The molecule has 3 aliphatic rings. The molecule has 0 aromatic heterocycles. The molecular weight excluding hydrogens is 350 g/mol. The Morgan fingerprint density at radius 2 is 2.14 bits per heavy atom. The van der Waals surface area contributed by atoms with Crippen LogP contribution in [0.1, 0.15) is 37.3 Å². The van der Waals surface area contributed by atoms with Gasteiger partial charge in [0.1, 0.15) is 0 Å². The minimum absolute atomic E-state index is 0.0993. The number of hydrogen-bond donors (Lipinski definition) is 2. The number of amides is 1. The first-order valence-electron chi connectivity index (χ1n) is 10.8. The summed E-state index contributed by atoms with van der Waals surface area (Å²) in [4.78, 5) is 21.6. The molecule has 1 unspecified atom stereocenters. The Hall–Kier alpha value is -2.08. The molecule has 3 heterocycles. The fourth-order valence-electron chi connectivity index (χ4n) is 4.90. The standard InChI is InChI=1S/C22H33N5O/c1-2-23-21(27-11-5-9-22(17-27)14-20(28)25-16-22)24-10-13-26-12-8-18-6-3-4-7-19(18)15-26/h3-4,6-7H,2,5,8-17H2,1H3,(H,23,24)(H,25,28). The zero-order valence-corrected chi connectivity index (χ0v) is 17.0. The van der Waals surface area contributed by atoms with Crippen LogP contribution in [0.3, 0.4) is 0 Å². The van der Waals surface area contributed by atoms with Crippen LogP contribution >= 0.6 is 0 Å². The average Bonchev–Trinajstić information content (AvgIpc) is 3.06. The van der Waals surface area contributed by atoms with Crippen LogP contribution in [0.2, 0.25) is 0 Å². The van der Waals surface area contributed by atoms with Crippen molar-refractivity contribution in [3.63, 3.8) is 0 Å². The number of guanidine groups is 1. The summed E-state index contributed by atoms with van der Waals surface area (Å²) in [6.45, 7) is 9.70. The molecule has 0 aliphatic carbocycles. The van der Waals surface area contributed by atoms with Crippen molar-refractivity contribution in [2.75, 3.05) is 45.8 Å². The molecular formula is C22H33N5O. The van der Waals surface area contributed by atoms with Gasteiger partial charge in [0, 0.05) is 57.6 Å². The maximum Gasteiger partial charge on any atom is 0.220 e. The third kappa shape index (κ3) is 4.32. The number of likely N-dealkylation sites (tertiary alicyclic amines) is 1. The molecule has 0 bridgehead atoms. The Kier molecular flexibility index (Phi) is 5.85. The van der Waals surface area contributed by atoms with Crippen LogP contribution in [0, 0.1) is 5.41 Å². The van der Waals surface area contributed by atoms with Gasteiger partial charge < -0.3 is 15.5 Å². The number of nitrogens with one attached hydrogen (secondary N) is 2. The van der Waals surface area contributed by atoms with Gasteiger partial charge in [0.25, 0.3) is 0 Å². The van der Waals surface area contributed by atoms with E-state index in [0.717, 1.165) is 77.6 Å². The molecule has 2 N–H and O–H groups in total. The molecule has 3 aliphatic heterocycles. The summed E-state index contributed by atoms with van der Waals surface area (Å²) < 4.78 is 0. The molecule has 1 spiro atoms. The van der Waals surface area contributed by atoms with Crippen molar-refractivity contribution < 1.29 is 4.79 Å². The van der Waals surface area contributed by atoms with Crippen molar-refractivity contribution in [2.45, 2.75) is 39.2 Å². The quantitative estimate of drug-likeness (QED) is 0.613. The first-order valence-corrected chi connectivity index (χ1v) is 10.8. The van der Waals surface area contributed by atoms with Crippen molar-refractivity contribution in [2.24, 2.45) is 10.4 Å². The summed E-state index contributed by atoms with van der Waals surface area (Å²) in [5.74, 6) is 1.22. The summed E-state index contributed by atoms with van der Waals surface area (Å²) in [6.07, 6.45) is 4.06. The number of piperidine rings is 1. The van der Waals surface area contributed by atoms with Gasteiger partial charge in [-0.15, -0.1) is 0 Å². The van der Waals surface area contributed by atoms with Crippen molar-refractivity contribution >= 4 is 11.9 Å². The number of carbonyl (C=O) groups excluding carboxylic acids is 1. The lowest BCUT2D eigenvalue weighted by atomic mass is 9.79. The Bertz CT molecular complexity index is 733. The first-order chi connectivity index (χ1) is 13.7. The molecule has 6 heteroatoms. The number of hydrogen-bond acceptors (Lipinski definition) is 3. The lowest BCUT2D eigenvalue weighted by Crippen LogP contribution is -2.51. The van der Waals surface area contributed by atoms with E-state index in [2.05, 4.69) is 51.6 Å². The highest BCUT2D eigenvalue weighted by atomic mass is 16.1. The van der Waals surface area contributed by atoms with Gasteiger partial charge in [0.05, 0.1) is 6.54 Å². The fourth-order valence-corrected chi connectivity index (χ4v) is 4.90. The van der Waals surface area contributed by atoms with Crippen molar-refractivity contribution in [3.8, 4) is 0 Å². The van der Waals surface area contributed by atoms with E-state index in [-0.39, 0.29) is 11.3 Å². The van der Waals surface area contributed by atoms with Gasteiger partial charge in [0.15, 0.2) is 5.96 Å². The average molecular weight is 384 g/mol. The predicted octanol–water partition coefficient (Wildman–Crippen LogP) is 1.61. The van der Waals surface area contributed by atoms with Crippen LogP contribution in [0.4, 0.5) is 0 Å². The highest BCUT2D eigenvalue weighted by Crippen LogP contribution is 2.36. The second kappa shape index (κ2) is 8.52. The van der Waals surface area contributed by atoms with Gasteiger partial charge in [-0.2, -0.15) is 0 Å². The Labute approximate surface area is 168 Å². The number of rotatable bonds is 4. The molecule has 1 amide bonds. The maximum atomic E-state index is 11.8. The van der Waals surface area contributed by atoms with Gasteiger partial charge in [-0.05, 0) is 37.3 Å². The lowest BCUT2D eigenvalue weighted by Gasteiger charge is -2.41. The smallest absolute Gasteiger partial charge is 0.220 e. The van der Waals surface area contributed by atoms with Crippen LogP contribution in [0.5, 0.6) is 0 Å². The third-order valence-electron chi connectivity index (χ3n) is 6.38. The number of aliphatic imine (C=N–C) groups is 1. The molecule has 4 rings (SSSR count). The summed E-state index contributed by atoms with van der Waals surface area (Å²) in [5.41, 5.74) is 3.05. The van der Waals surface area contributed by atoms with Crippen LogP contribution in [-0.4, -0.2) is 67.5 Å². The number of nitrogens with zero attached hydrogens (tertiary/aromatic N) is 3. The van der Waals surface area contributed by atoms with Gasteiger partial charge in [0.2, 0.25) is 5.91 Å². The van der Waals surface area contributed by atoms with E-state index < -0.39 is 0 Å². The summed E-state index contributed by atoms with van der Waals surface area (Å²) in [7, 11) is 0. The maximum absolute atomic E-state index is 11.8. The van der Waals surface area contributed by atoms with Gasteiger partial charge in [-0.25, -0.2) is 0 Å². The molecule has 152 valence electrons. The molecule has 2 fully saturated rings. The van der Waals surface area contributed by atoms with E-state index in [1.165, 1.54) is 11.1 Å². The van der Waals surface area contributed by atoms with Crippen LogP contribution in [0.15, 0.2) is 29.3 Å². The minimum Gasteiger partial charge on any atom is -0.357 e. The fraction of sp³-hybridized carbons (Fsp3) is 0.636. The van der Waals surface area contributed by atoms with Crippen LogP contribution < -0.4 is 10.6 Å². The van der Waals surface area contributed by atoms with E-state index in [1.54, 1.807) is 0 Å². The zero-order chi connectivity index (χ0) is 19.4. The van der Waals surface area contributed by atoms with Gasteiger partial charge in [-0.3, -0.25) is 14.7 Å². The number of fused-ring (bicyclic) bond motifs is 1. The Morgan fingerprint density at radius 3 is 2.93 bits per heavy atom. The molecule has 0 radical (unpaired) electrons. The highest BCUT2D eigenvalue weighted by Gasteiger charge is 2.42. The predicted molar refractivity (Wildman–Crippen MR) is 112 cm³/mol. The third-order valence-corrected chi connectivity index (χ3v) is 6.38. The summed E-state index contributed by atoms with van der Waals surface area (Å²) in [5, 5.41) is 6.51. The van der Waals surface area contributed by atoms with Crippen molar-refractivity contribution in [3.05, 3.63) is 35.4 Å². The van der Waals surface area contributed by atoms with Crippen LogP contribution in [-0.2, 0) is 17.8 Å². The largest absolute Gasteiger partial charge is 0.357 e. The van der Waals surface area contributed by atoms with Crippen molar-refractivity contribution in [1.29, 1.82) is 0 Å². The molecule has 6 nitrogen and oxygen atoms in total. The van der Waals surface area contributed by atoms with Gasteiger partial charge in [-0.1, -0.05) is 24.3 Å². The molecule has 1 atom stereocenters. The normalized spacial score (nSPS) is 25.7. The van der Waals surface area contributed by atoms with Crippen molar-refractivity contribution in [1.82, 2.24) is 20.4 Å². The Balaban J connectivity index is 1.35. The highest BCUT2D eigenvalue weighted by molar-refractivity contribution is 5.81. The molecule has 1 aromatic carbocycles. The van der Waals surface area contributed by atoms with E-state index in [9.17, 15) is 4.79 Å². The van der Waals surface area contributed by atoms with Gasteiger partial charge >= 0.3 is 0 Å². The second-order valence-electron chi connectivity index (χ2n) is 8.51. The monoisotopic (exact) mass is 383 g/mol. The van der Waals surface area contributed by atoms with Crippen LogP contribution in [0.25, 0.3) is 0 Å². The van der Waals surface area contributed by atoms with E-state index in [0.29, 0.717) is 6.42 Å². The zero-order valence-electron chi connectivity index (χ0n) is 17.0. The minimum atomic E-state index is 0.0993. The van der Waals surface area contributed by atoms with E-state index >= 15 is 0 Å². The Morgan fingerprint density at radius 1 is 1.29 bits per heavy atom.